The molecule has 0 atom stereocenters. The average Bonchev–Trinajstić information content (AvgIpc) is 3.53. The molecule has 154 valence electrons. The normalized spacial score (nSPS) is 23.1. The van der Waals surface area contributed by atoms with Crippen molar-refractivity contribution in [2.75, 3.05) is 59.0 Å². The first-order valence-electron chi connectivity index (χ1n) is 9.82. The Balaban J connectivity index is 1.29. The fourth-order valence-corrected chi connectivity index (χ4v) is 5.37. The van der Waals surface area contributed by atoms with Gasteiger partial charge in [0.15, 0.2) is 0 Å². The number of morpholine rings is 1. The van der Waals surface area contributed by atoms with Crippen LogP contribution < -0.4 is 10.6 Å². The van der Waals surface area contributed by atoms with E-state index in [0.717, 1.165) is 25.9 Å². The van der Waals surface area contributed by atoms with Crippen LogP contribution in [0.15, 0.2) is 0 Å². The minimum absolute atomic E-state index is 0.171. The Morgan fingerprint density at radius 3 is 2.19 bits per heavy atom. The van der Waals surface area contributed by atoms with E-state index in [1.807, 2.05) is 0 Å². The molecule has 3 rings (SSSR count). The van der Waals surface area contributed by atoms with Gasteiger partial charge in [-0.15, -0.1) is 0 Å². The number of piperidine rings is 1. The Kier molecular flexibility index (Phi) is 7.07. The van der Waals surface area contributed by atoms with E-state index >= 15 is 0 Å². The first-order valence-corrected chi connectivity index (χ1v) is 11.3. The molecule has 2 saturated heterocycles. The minimum Gasteiger partial charge on any atom is -0.379 e. The Labute approximate surface area is 160 Å². The summed E-state index contributed by atoms with van der Waals surface area (Å²) in [7, 11) is -3.11. The maximum atomic E-state index is 12.2. The zero-order valence-corrected chi connectivity index (χ0v) is 16.5. The number of hydrogen-bond acceptors (Lipinski definition) is 6. The lowest BCUT2D eigenvalue weighted by Crippen LogP contribution is -2.47. The lowest BCUT2D eigenvalue weighted by atomic mass is 9.98. The maximum Gasteiger partial charge on any atom is 0.309 e. The Morgan fingerprint density at radius 1 is 0.926 bits per heavy atom. The van der Waals surface area contributed by atoms with Gasteiger partial charge in [0.05, 0.1) is 18.5 Å². The molecule has 2 aliphatic heterocycles. The third kappa shape index (κ3) is 5.87. The van der Waals surface area contributed by atoms with Crippen molar-refractivity contribution in [1.29, 1.82) is 0 Å². The summed E-state index contributed by atoms with van der Waals surface area (Å²) in [6, 6.07) is 0. The zero-order valence-electron chi connectivity index (χ0n) is 15.7. The Hall–Kier alpha value is -1.23. The van der Waals surface area contributed by atoms with Crippen molar-refractivity contribution in [2.24, 2.45) is 5.92 Å². The summed E-state index contributed by atoms with van der Waals surface area (Å²) in [5.41, 5.74) is 0. The quantitative estimate of drug-likeness (QED) is 0.516. The first-order chi connectivity index (χ1) is 13.0. The van der Waals surface area contributed by atoms with Gasteiger partial charge in [0, 0.05) is 45.8 Å². The molecule has 9 nitrogen and oxygen atoms in total. The molecular weight excluding hydrogens is 372 g/mol. The monoisotopic (exact) mass is 402 g/mol. The van der Waals surface area contributed by atoms with Crippen LogP contribution >= 0.6 is 0 Å². The molecule has 0 spiro atoms. The SMILES string of the molecule is O=C(NCCN1CCOCC1)C(=O)NCC1CCN(S(=O)(=O)C2CC2)CC1. The standard InChI is InChI=1S/C17H30N4O5S/c22-16(18-5-8-20-9-11-26-12-10-20)17(23)19-13-14-3-6-21(7-4-14)27(24,25)15-1-2-15/h14-15H,1-13H2,(H,18,22)(H,19,23). The third-order valence-corrected chi connectivity index (χ3v) is 7.85. The van der Waals surface area contributed by atoms with Gasteiger partial charge in [0.1, 0.15) is 0 Å². The summed E-state index contributed by atoms with van der Waals surface area (Å²) >= 11 is 0. The molecule has 27 heavy (non-hydrogen) atoms. The highest BCUT2D eigenvalue weighted by atomic mass is 32.2. The maximum absolute atomic E-state index is 12.2. The molecule has 1 saturated carbocycles. The number of carbonyl (C=O) groups excluding carboxylic acids is 2. The van der Waals surface area contributed by atoms with E-state index in [-0.39, 0.29) is 11.2 Å². The summed E-state index contributed by atoms with van der Waals surface area (Å²) in [4.78, 5) is 26.0. The van der Waals surface area contributed by atoms with E-state index in [2.05, 4.69) is 15.5 Å². The van der Waals surface area contributed by atoms with E-state index in [1.54, 1.807) is 4.31 Å². The average molecular weight is 403 g/mol. The van der Waals surface area contributed by atoms with Crippen LogP contribution in [-0.2, 0) is 24.3 Å². The van der Waals surface area contributed by atoms with Gasteiger partial charge in [-0.2, -0.15) is 0 Å². The van der Waals surface area contributed by atoms with Gasteiger partial charge in [-0.3, -0.25) is 14.5 Å². The fraction of sp³-hybridized carbons (Fsp3) is 0.882. The minimum atomic E-state index is -3.11. The number of amides is 2. The van der Waals surface area contributed by atoms with Crippen molar-refractivity contribution in [2.45, 2.75) is 30.9 Å². The summed E-state index contributed by atoms with van der Waals surface area (Å²) in [6.07, 6.45) is 2.98. The van der Waals surface area contributed by atoms with Crippen molar-refractivity contribution in [3.8, 4) is 0 Å². The molecule has 1 aliphatic carbocycles. The van der Waals surface area contributed by atoms with Gasteiger partial charge >= 0.3 is 11.8 Å². The lowest BCUT2D eigenvalue weighted by molar-refractivity contribution is -0.139. The van der Waals surface area contributed by atoms with Crippen LogP contribution in [-0.4, -0.2) is 93.7 Å². The van der Waals surface area contributed by atoms with Crippen LogP contribution in [0.1, 0.15) is 25.7 Å². The highest BCUT2D eigenvalue weighted by Crippen LogP contribution is 2.32. The van der Waals surface area contributed by atoms with E-state index in [1.165, 1.54) is 0 Å². The van der Waals surface area contributed by atoms with Gasteiger partial charge in [-0.1, -0.05) is 0 Å². The van der Waals surface area contributed by atoms with Crippen LogP contribution in [0.2, 0.25) is 0 Å². The molecule has 0 aromatic rings. The highest BCUT2D eigenvalue weighted by molar-refractivity contribution is 7.90. The number of nitrogens with one attached hydrogen (secondary N) is 2. The first kappa shape index (κ1) is 20.5. The van der Waals surface area contributed by atoms with Crippen molar-refractivity contribution in [1.82, 2.24) is 19.8 Å². The number of nitrogens with zero attached hydrogens (tertiary/aromatic N) is 2. The molecule has 2 N–H and O–H groups in total. The van der Waals surface area contributed by atoms with Crippen LogP contribution in [0.4, 0.5) is 0 Å². The number of carbonyl (C=O) groups is 2. The number of hydrogen-bond donors (Lipinski definition) is 2. The second-order valence-corrected chi connectivity index (χ2v) is 9.72. The molecule has 0 radical (unpaired) electrons. The Morgan fingerprint density at radius 2 is 1.56 bits per heavy atom. The smallest absolute Gasteiger partial charge is 0.309 e. The molecule has 0 bridgehead atoms. The molecule has 2 amide bonds. The summed E-state index contributed by atoms with van der Waals surface area (Å²) < 4.78 is 31.3. The molecule has 3 fully saturated rings. The lowest BCUT2D eigenvalue weighted by Gasteiger charge is -2.31. The number of sulfonamides is 1. The summed E-state index contributed by atoms with van der Waals surface area (Å²) in [5.74, 6) is -1.03. The topological polar surface area (TPSA) is 108 Å². The third-order valence-electron chi connectivity index (χ3n) is 5.45. The number of rotatable bonds is 7. The van der Waals surface area contributed by atoms with Crippen molar-refractivity contribution < 1.29 is 22.7 Å². The summed E-state index contributed by atoms with van der Waals surface area (Å²) in [6.45, 7) is 5.65. The molecule has 0 aromatic heterocycles. The molecule has 3 aliphatic rings. The van der Waals surface area contributed by atoms with Crippen molar-refractivity contribution in [3.05, 3.63) is 0 Å². The van der Waals surface area contributed by atoms with Gasteiger partial charge in [0.2, 0.25) is 10.0 Å². The molecular formula is C17H30N4O5S. The molecule has 0 unspecified atom stereocenters. The van der Waals surface area contributed by atoms with Crippen LogP contribution in [0.3, 0.4) is 0 Å². The number of ether oxygens (including phenoxy) is 1. The van der Waals surface area contributed by atoms with Crippen molar-refractivity contribution >= 4 is 21.8 Å². The predicted molar refractivity (Wildman–Crippen MR) is 99.5 cm³/mol. The zero-order chi connectivity index (χ0) is 19.3. The molecule has 10 heteroatoms. The van der Waals surface area contributed by atoms with E-state index in [0.29, 0.717) is 58.8 Å². The molecule has 0 aromatic carbocycles. The van der Waals surface area contributed by atoms with Gasteiger partial charge in [-0.05, 0) is 31.6 Å². The summed E-state index contributed by atoms with van der Waals surface area (Å²) in [5, 5.41) is 5.15. The van der Waals surface area contributed by atoms with Crippen LogP contribution in [0.25, 0.3) is 0 Å². The fourth-order valence-electron chi connectivity index (χ4n) is 3.49. The van der Waals surface area contributed by atoms with Gasteiger partial charge in [-0.25, -0.2) is 12.7 Å². The van der Waals surface area contributed by atoms with Crippen LogP contribution in [0, 0.1) is 5.92 Å². The van der Waals surface area contributed by atoms with E-state index < -0.39 is 21.8 Å². The van der Waals surface area contributed by atoms with Crippen LogP contribution in [0.5, 0.6) is 0 Å². The molecule has 2 heterocycles. The van der Waals surface area contributed by atoms with E-state index in [9.17, 15) is 18.0 Å². The Bertz CT molecular complexity index is 623. The van der Waals surface area contributed by atoms with Gasteiger partial charge < -0.3 is 15.4 Å². The van der Waals surface area contributed by atoms with E-state index in [4.69, 9.17) is 4.74 Å². The van der Waals surface area contributed by atoms with Gasteiger partial charge in [0.25, 0.3) is 0 Å². The predicted octanol–water partition coefficient (Wildman–Crippen LogP) is -1.24. The highest BCUT2D eigenvalue weighted by Gasteiger charge is 2.41. The van der Waals surface area contributed by atoms with Crippen molar-refractivity contribution in [3.63, 3.8) is 0 Å². The largest absolute Gasteiger partial charge is 0.379 e. The second kappa shape index (κ2) is 9.31. The second-order valence-electron chi connectivity index (χ2n) is 7.51.